The zero-order valence-corrected chi connectivity index (χ0v) is 16.4. The molecule has 2 fully saturated rings. The Morgan fingerprint density at radius 1 is 0.931 bits per heavy atom. The van der Waals surface area contributed by atoms with E-state index in [2.05, 4.69) is 25.1 Å². The molecule has 0 spiro atoms. The number of nitrogens with one attached hydrogen (secondary N) is 1. The summed E-state index contributed by atoms with van der Waals surface area (Å²) < 4.78 is 27.5. The molecule has 1 aromatic carbocycles. The van der Waals surface area contributed by atoms with E-state index in [0.717, 1.165) is 42.7 Å². The predicted molar refractivity (Wildman–Crippen MR) is 107 cm³/mol. The number of aryl methyl sites for hydroxylation is 1. The number of anilines is 3. The minimum absolute atomic E-state index is 0.415. The monoisotopic (exact) mass is 402 g/mol. The van der Waals surface area contributed by atoms with Gasteiger partial charge in [-0.3, -0.25) is 0 Å². The first-order valence-electron chi connectivity index (χ1n) is 9.87. The fraction of sp³-hybridized carbons (Fsp3) is 0.450. The van der Waals surface area contributed by atoms with Gasteiger partial charge < -0.3 is 20.0 Å². The molecule has 2 saturated heterocycles. The van der Waals surface area contributed by atoms with E-state index < -0.39 is 23.4 Å². The Balaban J connectivity index is 1.40. The number of urea groups is 1. The van der Waals surface area contributed by atoms with Gasteiger partial charge in [0.1, 0.15) is 34.8 Å². The fourth-order valence-corrected chi connectivity index (χ4v) is 3.75. The third-order valence-corrected chi connectivity index (χ3v) is 5.33. The van der Waals surface area contributed by atoms with E-state index in [1.54, 1.807) is 4.90 Å². The van der Waals surface area contributed by atoms with Crippen molar-refractivity contribution in [1.29, 1.82) is 0 Å². The number of hydrogen-bond acceptors (Lipinski definition) is 5. The van der Waals surface area contributed by atoms with E-state index in [1.807, 2.05) is 13.0 Å². The van der Waals surface area contributed by atoms with Crippen LogP contribution in [0.25, 0.3) is 0 Å². The normalized spacial score (nSPS) is 17.0. The average molecular weight is 402 g/mol. The maximum Gasteiger partial charge on any atom is 0.322 e. The topological polar surface area (TPSA) is 64.6 Å². The first-order valence-corrected chi connectivity index (χ1v) is 9.87. The molecule has 2 aliphatic rings. The molecule has 0 bridgehead atoms. The van der Waals surface area contributed by atoms with Gasteiger partial charge in [0, 0.05) is 45.3 Å². The highest BCUT2D eigenvalue weighted by Gasteiger charge is 2.25. The predicted octanol–water partition coefficient (Wildman–Crippen LogP) is 3.02. The van der Waals surface area contributed by atoms with Gasteiger partial charge in [0.05, 0.1) is 0 Å². The summed E-state index contributed by atoms with van der Waals surface area (Å²) in [5.74, 6) is 0.935. The third kappa shape index (κ3) is 4.23. The van der Waals surface area contributed by atoms with Gasteiger partial charge in [-0.2, -0.15) is 0 Å². The molecule has 1 N–H and O–H groups in total. The molecule has 7 nitrogen and oxygen atoms in total. The Morgan fingerprint density at radius 3 is 2.07 bits per heavy atom. The molecular weight excluding hydrogens is 378 g/mol. The first-order chi connectivity index (χ1) is 14.0. The third-order valence-electron chi connectivity index (χ3n) is 5.33. The second-order valence-electron chi connectivity index (χ2n) is 7.33. The molecule has 0 radical (unpaired) electrons. The van der Waals surface area contributed by atoms with Gasteiger partial charge in [-0.05, 0) is 31.9 Å². The highest BCUT2D eigenvalue weighted by Crippen LogP contribution is 2.24. The van der Waals surface area contributed by atoms with Crippen LogP contribution in [-0.4, -0.2) is 60.2 Å². The molecule has 9 heteroatoms. The van der Waals surface area contributed by atoms with Crippen LogP contribution in [-0.2, 0) is 0 Å². The maximum atomic E-state index is 13.8. The highest BCUT2D eigenvalue weighted by molar-refractivity contribution is 5.89. The van der Waals surface area contributed by atoms with Crippen molar-refractivity contribution >= 4 is 23.4 Å². The number of carbonyl (C=O) groups excluding carboxylic acids is 1. The SMILES string of the molecule is Cc1nc(N2CCCC2)cc(N2CCN(C(=O)Nc3c(F)cccc3F)CC2)n1. The summed E-state index contributed by atoms with van der Waals surface area (Å²) in [6, 6.07) is 4.99. The number of hydrogen-bond donors (Lipinski definition) is 1. The molecule has 0 unspecified atom stereocenters. The lowest BCUT2D eigenvalue weighted by molar-refractivity contribution is 0.208. The van der Waals surface area contributed by atoms with E-state index in [4.69, 9.17) is 0 Å². The van der Waals surface area contributed by atoms with Gasteiger partial charge in [0.15, 0.2) is 0 Å². The minimum atomic E-state index is -0.789. The molecule has 1 aromatic heterocycles. The summed E-state index contributed by atoms with van der Waals surface area (Å²) in [7, 11) is 0. The van der Waals surface area contributed by atoms with Crippen LogP contribution in [0.1, 0.15) is 18.7 Å². The van der Waals surface area contributed by atoms with Gasteiger partial charge in [-0.1, -0.05) is 6.07 Å². The van der Waals surface area contributed by atoms with E-state index in [0.29, 0.717) is 26.2 Å². The summed E-state index contributed by atoms with van der Waals surface area (Å²) in [6.07, 6.45) is 2.35. The Hall–Kier alpha value is -2.97. The van der Waals surface area contributed by atoms with Crippen LogP contribution < -0.4 is 15.1 Å². The first kappa shape index (κ1) is 19.4. The number of halogens is 2. The Kier molecular flexibility index (Phi) is 5.46. The van der Waals surface area contributed by atoms with Crippen LogP contribution in [0.3, 0.4) is 0 Å². The second kappa shape index (κ2) is 8.18. The van der Waals surface area contributed by atoms with Gasteiger partial charge in [-0.15, -0.1) is 0 Å². The lowest BCUT2D eigenvalue weighted by Crippen LogP contribution is -2.50. The van der Waals surface area contributed by atoms with Crippen LogP contribution in [0.2, 0.25) is 0 Å². The summed E-state index contributed by atoms with van der Waals surface area (Å²) in [5, 5.41) is 2.34. The summed E-state index contributed by atoms with van der Waals surface area (Å²) >= 11 is 0. The largest absolute Gasteiger partial charge is 0.356 e. The van der Waals surface area contributed by atoms with Crippen molar-refractivity contribution in [2.75, 3.05) is 54.4 Å². The molecule has 3 heterocycles. The zero-order chi connectivity index (χ0) is 20.4. The quantitative estimate of drug-likeness (QED) is 0.855. The average Bonchev–Trinajstić information content (AvgIpc) is 3.25. The highest BCUT2D eigenvalue weighted by atomic mass is 19.1. The molecule has 2 aromatic rings. The molecule has 0 aliphatic carbocycles. The van der Waals surface area contributed by atoms with Crippen molar-refractivity contribution in [1.82, 2.24) is 14.9 Å². The molecule has 154 valence electrons. The number of piperazine rings is 1. The van der Waals surface area contributed by atoms with Crippen LogP contribution in [0.4, 0.5) is 30.9 Å². The summed E-state index contributed by atoms with van der Waals surface area (Å²) in [5.41, 5.74) is -0.415. The Morgan fingerprint density at radius 2 is 1.48 bits per heavy atom. The van der Waals surface area contributed by atoms with Crippen LogP contribution in [0.15, 0.2) is 24.3 Å². The number of para-hydroxylation sites is 1. The van der Waals surface area contributed by atoms with Gasteiger partial charge in [-0.25, -0.2) is 23.5 Å². The number of rotatable bonds is 3. The van der Waals surface area contributed by atoms with Crippen LogP contribution in [0.5, 0.6) is 0 Å². The standard InChI is InChI=1S/C20H24F2N6O/c1-14-23-17(26-7-2-3-8-26)13-18(24-14)27-9-11-28(12-10-27)20(29)25-19-15(21)5-4-6-16(19)22/h4-6,13H,2-3,7-12H2,1H3,(H,25,29). The minimum Gasteiger partial charge on any atom is -0.356 e. The molecule has 0 saturated carbocycles. The summed E-state index contributed by atoms with van der Waals surface area (Å²) in [4.78, 5) is 27.5. The number of aromatic nitrogens is 2. The Bertz CT molecular complexity index is 874. The van der Waals surface area contributed by atoms with Crippen molar-refractivity contribution in [3.05, 3.63) is 41.7 Å². The van der Waals surface area contributed by atoms with Crippen molar-refractivity contribution < 1.29 is 13.6 Å². The number of nitrogens with zero attached hydrogens (tertiary/aromatic N) is 5. The van der Waals surface area contributed by atoms with E-state index in [1.165, 1.54) is 18.9 Å². The maximum absolute atomic E-state index is 13.8. The lowest BCUT2D eigenvalue weighted by atomic mass is 10.3. The molecule has 2 amide bonds. The van der Waals surface area contributed by atoms with Crippen molar-refractivity contribution in [3.8, 4) is 0 Å². The van der Waals surface area contributed by atoms with Gasteiger partial charge in [0.25, 0.3) is 0 Å². The van der Waals surface area contributed by atoms with Crippen LogP contribution in [0, 0.1) is 18.6 Å². The van der Waals surface area contributed by atoms with E-state index in [9.17, 15) is 13.6 Å². The summed E-state index contributed by atoms with van der Waals surface area (Å²) in [6.45, 7) is 5.95. The molecule has 29 heavy (non-hydrogen) atoms. The van der Waals surface area contributed by atoms with E-state index in [-0.39, 0.29) is 0 Å². The molecule has 2 aliphatic heterocycles. The van der Waals surface area contributed by atoms with Crippen molar-refractivity contribution in [3.63, 3.8) is 0 Å². The van der Waals surface area contributed by atoms with Gasteiger partial charge in [0.2, 0.25) is 0 Å². The van der Waals surface area contributed by atoms with Gasteiger partial charge >= 0.3 is 6.03 Å². The zero-order valence-electron chi connectivity index (χ0n) is 16.4. The smallest absolute Gasteiger partial charge is 0.322 e. The second-order valence-corrected chi connectivity index (χ2v) is 7.33. The molecule has 0 atom stereocenters. The Labute approximate surface area is 168 Å². The number of benzene rings is 1. The number of amides is 2. The molecule has 4 rings (SSSR count). The van der Waals surface area contributed by atoms with E-state index >= 15 is 0 Å². The van der Waals surface area contributed by atoms with Crippen molar-refractivity contribution in [2.24, 2.45) is 0 Å². The number of carbonyl (C=O) groups is 1. The van der Waals surface area contributed by atoms with Crippen molar-refractivity contribution in [2.45, 2.75) is 19.8 Å². The molecular formula is C20H24F2N6O. The van der Waals surface area contributed by atoms with Crippen LogP contribution >= 0.6 is 0 Å². The fourth-order valence-electron chi connectivity index (χ4n) is 3.75. The lowest BCUT2D eigenvalue weighted by Gasteiger charge is -2.35.